The summed E-state index contributed by atoms with van der Waals surface area (Å²) in [6.07, 6.45) is 7.19. The van der Waals surface area contributed by atoms with Crippen molar-refractivity contribution in [3.8, 4) is 5.69 Å². The van der Waals surface area contributed by atoms with Crippen LogP contribution in [0, 0.1) is 0 Å². The van der Waals surface area contributed by atoms with Gasteiger partial charge in [0.1, 0.15) is 0 Å². The van der Waals surface area contributed by atoms with Crippen molar-refractivity contribution in [2.75, 3.05) is 19.6 Å². The SMILES string of the molecule is O=C(CCc1ccc(S(=O)(=O)N2CCCC2)cc1)NCCc1ccc(-n2cccn2)cc1. The van der Waals surface area contributed by atoms with Crippen LogP contribution in [0.3, 0.4) is 0 Å². The Morgan fingerprint density at radius 1 is 0.938 bits per heavy atom. The topological polar surface area (TPSA) is 84.3 Å². The lowest BCUT2D eigenvalue weighted by Crippen LogP contribution is -2.27. The molecule has 7 nitrogen and oxygen atoms in total. The summed E-state index contributed by atoms with van der Waals surface area (Å²) in [4.78, 5) is 12.5. The van der Waals surface area contributed by atoms with E-state index in [1.54, 1.807) is 39.4 Å². The van der Waals surface area contributed by atoms with E-state index in [1.165, 1.54) is 0 Å². The van der Waals surface area contributed by atoms with Gasteiger partial charge in [0, 0.05) is 38.4 Å². The summed E-state index contributed by atoms with van der Waals surface area (Å²) >= 11 is 0. The van der Waals surface area contributed by atoms with Crippen molar-refractivity contribution in [1.29, 1.82) is 0 Å². The quantitative estimate of drug-likeness (QED) is 0.541. The van der Waals surface area contributed by atoms with E-state index in [1.807, 2.05) is 36.5 Å². The maximum absolute atomic E-state index is 12.6. The number of carbonyl (C=O) groups excluding carboxylic acids is 1. The number of aromatic nitrogens is 2. The van der Waals surface area contributed by atoms with Gasteiger partial charge < -0.3 is 5.32 Å². The fourth-order valence-corrected chi connectivity index (χ4v) is 5.35. The van der Waals surface area contributed by atoms with Crippen LogP contribution in [0.1, 0.15) is 30.4 Å². The van der Waals surface area contributed by atoms with Gasteiger partial charge in [0.05, 0.1) is 10.6 Å². The molecule has 168 valence electrons. The summed E-state index contributed by atoms with van der Waals surface area (Å²) < 4.78 is 28.5. The van der Waals surface area contributed by atoms with E-state index >= 15 is 0 Å². The molecule has 0 saturated carbocycles. The summed E-state index contributed by atoms with van der Waals surface area (Å²) in [5, 5.41) is 7.17. The number of hydrogen-bond acceptors (Lipinski definition) is 4. The Labute approximate surface area is 189 Å². The van der Waals surface area contributed by atoms with Gasteiger partial charge in [-0.25, -0.2) is 13.1 Å². The van der Waals surface area contributed by atoms with E-state index < -0.39 is 10.0 Å². The highest BCUT2D eigenvalue weighted by molar-refractivity contribution is 7.89. The Morgan fingerprint density at radius 3 is 2.25 bits per heavy atom. The third-order valence-corrected chi connectivity index (χ3v) is 7.62. The van der Waals surface area contributed by atoms with E-state index in [0.29, 0.717) is 37.4 Å². The predicted octanol–water partition coefficient (Wildman–Crippen LogP) is 2.95. The highest BCUT2D eigenvalue weighted by Gasteiger charge is 2.26. The second-order valence-corrected chi connectivity index (χ2v) is 9.91. The normalized spacial score (nSPS) is 14.5. The largest absolute Gasteiger partial charge is 0.356 e. The molecule has 0 unspecified atom stereocenters. The first-order chi connectivity index (χ1) is 15.5. The zero-order valence-electron chi connectivity index (χ0n) is 18.0. The molecular weight excluding hydrogens is 424 g/mol. The first-order valence-corrected chi connectivity index (χ1v) is 12.4. The Morgan fingerprint density at radius 2 is 1.59 bits per heavy atom. The van der Waals surface area contributed by atoms with Gasteiger partial charge in [0.2, 0.25) is 15.9 Å². The van der Waals surface area contributed by atoms with Gasteiger partial charge in [-0.15, -0.1) is 0 Å². The van der Waals surface area contributed by atoms with Crippen LogP contribution < -0.4 is 5.32 Å². The highest BCUT2D eigenvalue weighted by Crippen LogP contribution is 2.21. The van der Waals surface area contributed by atoms with Crippen molar-refractivity contribution < 1.29 is 13.2 Å². The number of amides is 1. The maximum Gasteiger partial charge on any atom is 0.243 e. The van der Waals surface area contributed by atoms with Crippen molar-refractivity contribution in [2.24, 2.45) is 0 Å². The van der Waals surface area contributed by atoms with Crippen molar-refractivity contribution in [3.63, 3.8) is 0 Å². The first-order valence-electron chi connectivity index (χ1n) is 11.0. The van der Waals surface area contributed by atoms with Crippen molar-refractivity contribution >= 4 is 15.9 Å². The zero-order valence-corrected chi connectivity index (χ0v) is 18.8. The number of carbonyl (C=O) groups is 1. The average Bonchev–Trinajstić information content (AvgIpc) is 3.53. The van der Waals surface area contributed by atoms with Gasteiger partial charge in [-0.2, -0.15) is 9.40 Å². The summed E-state index contributed by atoms with van der Waals surface area (Å²) in [5.74, 6) is -0.00748. The maximum atomic E-state index is 12.6. The Kier molecular flexibility index (Phi) is 7.02. The van der Waals surface area contributed by atoms with Gasteiger partial charge in [-0.05, 0) is 67.1 Å². The average molecular weight is 453 g/mol. The Hall–Kier alpha value is -2.97. The van der Waals surface area contributed by atoms with Crippen LogP contribution in [0.25, 0.3) is 5.69 Å². The summed E-state index contributed by atoms with van der Waals surface area (Å²) in [6.45, 7) is 1.77. The van der Waals surface area contributed by atoms with Gasteiger partial charge in [0.15, 0.2) is 0 Å². The number of hydrogen-bond donors (Lipinski definition) is 1. The molecule has 1 amide bonds. The molecule has 2 heterocycles. The lowest BCUT2D eigenvalue weighted by Gasteiger charge is -2.15. The third kappa shape index (κ3) is 5.44. The van der Waals surface area contributed by atoms with Crippen LogP contribution in [-0.2, 0) is 27.7 Å². The van der Waals surface area contributed by atoms with Crippen LogP contribution in [0.15, 0.2) is 71.9 Å². The second kappa shape index (κ2) is 10.1. The number of benzene rings is 2. The van der Waals surface area contributed by atoms with E-state index in [2.05, 4.69) is 10.4 Å². The molecule has 1 fully saturated rings. The molecule has 4 rings (SSSR count). The molecular formula is C24H28N4O3S. The second-order valence-electron chi connectivity index (χ2n) is 7.97. The number of nitrogens with one attached hydrogen (secondary N) is 1. The molecule has 0 radical (unpaired) electrons. The minimum Gasteiger partial charge on any atom is -0.356 e. The smallest absolute Gasteiger partial charge is 0.243 e. The molecule has 3 aromatic rings. The molecule has 1 aliphatic rings. The lowest BCUT2D eigenvalue weighted by molar-refractivity contribution is -0.121. The number of sulfonamides is 1. The Balaban J connectivity index is 1.20. The molecule has 0 bridgehead atoms. The van der Waals surface area contributed by atoms with E-state index in [0.717, 1.165) is 36.1 Å². The molecule has 0 aliphatic carbocycles. The number of nitrogens with zero attached hydrogens (tertiary/aromatic N) is 3. The van der Waals surface area contributed by atoms with Crippen molar-refractivity contribution in [3.05, 3.63) is 78.1 Å². The predicted molar refractivity (Wildman–Crippen MR) is 123 cm³/mol. The molecule has 32 heavy (non-hydrogen) atoms. The van der Waals surface area contributed by atoms with Crippen molar-refractivity contribution in [1.82, 2.24) is 19.4 Å². The fraction of sp³-hybridized carbons (Fsp3) is 0.333. The van der Waals surface area contributed by atoms with Gasteiger partial charge in [0.25, 0.3) is 0 Å². The molecule has 8 heteroatoms. The summed E-state index contributed by atoms with van der Waals surface area (Å²) in [7, 11) is -3.39. The van der Waals surface area contributed by atoms with Crippen LogP contribution in [-0.4, -0.2) is 48.0 Å². The lowest BCUT2D eigenvalue weighted by atomic mass is 10.1. The summed E-state index contributed by atoms with van der Waals surface area (Å²) in [6, 6.07) is 16.9. The number of rotatable bonds is 9. The molecule has 0 atom stereocenters. The number of aryl methyl sites for hydroxylation is 1. The van der Waals surface area contributed by atoms with Crippen LogP contribution in [0.2, 0.25) is 0 Å². The van der Waals surface area contributed by atoms with Gasteiger partial charge >= 0.3 is 0 Å². The molecule has 1 aromatic heterocycles. The van der Waals surface area contributed by atoms with E-state index in [-0.39, 0.29) is 5.91 Å². The van der Waals surface area contributed by atoms with E-state index in [9.17, 15) is 13.2 Å². The van der Waals surface area contributed by atoms with Gasteiger partial charge in [-0.3, -0.25) is 4.79 Å². The minimum atomic E-state index is -3.39. The van der Waals surface area contributed by atoms with Crippen LogP contribution in [0.5, 0.6) is 0 Å². The molecule has 1 aliphatic heterocycles. The monoisotopic (exact) mass is 452 g/mol. The summed E-state index contributed by atoms with van der Waals surface area (Å²) in [5.41, 5.74) is 3.10. The third-order valence-electron chi connectivity index (χ3n) is 5.71. The van der Waals surface area contributed by atoms with Crippen LogP contribution in [0.4, 0.5) is 0 Å². The van der Waals surface area contributed by atoms with E-state index in [4.69, 9.17) is 0 Å². The van der Waals surface area contributed by atoms with Gasteiger partial charge in [-0.1, -0.05) is 24.3 Å². The van der Waals surface area contributed by atoms with Crippen molar-refractivity contribution in [2.45, 2.75) is 37.0 Å². The molecule has 0 spiro atoms. The Bertz CT molecular complexity index is 1120. The minimum absolute atomic E-state index is 0.00748. The van der Waals surface area contributed by atoms with Crippen LogP contribution >= 0.6 is 0 Å². The molecule has 1 saturated heterocycles. The fourth-order valence-electron chi connectivity index (χ4n) is 3.84. The standard InChI is InChI=1S/C24H28N4O3S/c29-24(25-16-14-21-4-9-22(10-5-21)28-19-3-15-26-28)13-8-20-6-11-23(12-7-20)32(30,31)27-17-1-2-18-27/h3-7,9-12,15,19H,1-2,8,13-14,16-18H2,(H,25,29). The molecule has 2 aromatic carbocycles. The molecule has 1 N–H and O–H groups in total. The first kappa shape index (κ1) is 22.2. The zero-order chi connectivity index (χ0) is 22.4. The highest BCUT2D eigenvalue weighted by atomic mass is 32.2.